The van der Waals surface area contributed by atoms with Crippen molar-refractivity contribution in [1.82, 2.24) is 30.0 Å². The maximum Gasteiger partial charge on any atom is 0.512 e. The highest BCUT2D eigenvalue weighted by Gasteiger charge is 2.63. The fourth-order valence-electron chi connectivity index (χ4n) is 3.93. The van der Waals surface area contributed by atoms with Crippen LogP contribution < -0.4 is 0 Å². The molecule has 0 spiro atoms. The summed E-state index contributed by atoms with van der Waals surface area (Å²) in [5.74, 6) is -0.0334. The molecule has 1 N–H and O–H groups in total. The Morgan fingerprint density at radius 2 is 2.19 bits per heavy atom. The minimum atomic E-state index is -1.47. The summed E-state index contributed by atoms with van der Waals surface area (Å²) < 4.78 is 6.47. The SMILES string of the molecule is CC(=O)N1CCC2C(CSc3nnnn3C)=C(OC(=O)O)N3C(=O)[C@@H]1[C@@H]23. The van der Waals surface area contributed by atoms with Gasteiger partial charge in [0.2, 0.25) is 16.9 Å². The number of aryl methyl sites for hydroxylation is 1. The van der Waals surface area contributed by atoms with E-state index < -0.39 is 12.2 Å². The molecule has 1 aromatic heterocycles. The molecule has 0 aromatic carbocycles. The maximum atomic E-state index is 12.6. The van der Waals surface area contributed by atoms with Gasteiger partial charge in [0.05, 0.1) is 6.04 Å². The van der Waals surface area contributed by atoms with Crippen LogP contribution in [0.4, 0.5) is 4.79 Å². The number of carbonyl (C=O) groups is 3. The molecule has 0 saturated carbocycles. The van der Waals surface area contributed by atoms with E-state index in [0.29, 0.717) is 23.9 Å². The summed E-state index contributed by atoms with van der Waals surface area (Å²) in [6.45, 7) is 1.89. The Morgan fingerprint density at radius 3 is 2.81 bits per heavy atom. The molecule has 2 amide bonds. The molecule has 2 fully saturated rings. The summed E-state index contributed by atoms with van der Waals surface area (Å²) in [6.07, 6.45) is -0.828. The zero-order chi connectivity index (χ0) is 18.6. The number of aromatic nitrogens is 4. The molecule has 11 nitrogen and oxygen atoms in total. The van der Waals surface area contributed by atoms with Crippen molar-refractivity contribution in [3.8, 4) is 0 Å². The van der Waals surface area contributed by atoms with E-state index in [0.717, 1.165) is 5.57 Å². The van der Waals surface area contributed by atoms with Crippen LogP contribution in [0.15, 0.2) is 16.6 Å². The van der Waals surface area contributed by atoms with Crippen LogP contribution in [-0.4, -0.2) is 77.5 Å². The molecule has 0 aliphatic carbocycles. The molecule has 3 atom stereocenters. The van der Waals surface area contributed by atoms with E-state index in [1.54, 1.807) is 11.9 Å². The quantitative estimate of drug-likeness (QED) is 0.424. The van der Waals surface area contributed by atoms with E-state index in [9.17, 15) is 14.4 Å². The highest BCUT2D eigenvalue weighted by atomic mass is 32.2. The van der Waals surface area contributed by atoms with E-state index in [4.69, 9.17) is 9.84 Å². The fraction of sp³-hybridized carbons (Fsp3) is 0.571. The number of ether oxygens (including phenoxy) is 1. The molecule has 3 aliphatic heterocycles. The number of piperidine rings is 1. The number of thioether (sulfide) groups is 1. The number of carboxylic acid groups (broad SMARTS) is 1. The topological polar surface area (TPSA) is 131 Å². The zero-order valence-electron chi connectivity index (χ0n) is 14.0. The van der Waals surface area contributed by atoms with Crippen LogP contribution in [-0.2, 0) is 21.4 Å². The van der Waals surface area contributed by atoms with Crippen molar-refractivity contribution in [3.63, 3.8) is 0 Å². The smallest absolute Gasteiger partial charge is 0.449 e. The van der Waals surface area contributed by atoms with Crippen LogP contribution in [0.2, 0.25) is 0 Å². The first-order chi connectivity index (χ1) is 12.4. The van der Waals surface area contributed by atoms with Gasteiger partial charge in [-0.25, -0.2) is 9.48 Å². The minimum absolute atomic E-state index is 0.0451. The van der Waals surface area contributed by atoms with Crippen LogP contribution >= 0.6 is 11.8 Å². The second kappa shape index (κ2) is 5.97. The van der Waals surface area contributed by atoms with Crippen molar-refractivity contribution in [2.75, 3.05) is 12.3 Å². The van der Waals surface area contributed by atoms with E-state index >= 15 is 0 Å². The Morgan fingerprint density at radius 1 is 1.42 bits per heavy atom. The Hall–Kier alpha value is -2.63. The molecule has 138 valence electrons. The number of hydrogen-bond donors (Lipinski definition) is 1. The first-order valence-corrected chi connectivity index (χ1v) is 8.98. The molecule has 2 saturated heterocycles. The summed E-state index contributed by atoms with van der Waals surface area (Å²) in [5, 5.41) is 20.9. The average molecular weight is 380 g/mol. The zero-order valence-corrected chi connectivity index (χ0v) is 14.8. The largest absolute Gasteiger partial charge is 0.512 e. The Labute approximate surface area is 151 Å². The normalized spacial score (nSPS) is 26.7. The van der Waals surface area contributed by atoms with Gasteiger partial charge < -0.3 is 14.7 Å². The number of amides is 2. The van der Waals surface area contributed by atoms with Crippen LogP contribution in [0.5, 0.6) is 0 Å². The summed E-state index contributed by atoms with van der Waals surface area (Å²) in [6, 6.07) is -0.805. The van der Waals surface area contributed by atoms with E-state index in [1.165, 1.54) is 28.3 Å². The number of carbonyl (C=O) groups excluding carboxylic acids is 2. The van der Waals surface area contributed by atoms with Gasteiger partial charge in [0, 0.05) is 37.8 Å². The van der Waals surface area contributed by atoms with Gasteiger partial charge in [0.25, 0.3) is 5.91 Å². The van der Waals surface area contributed by atoms with Crippen molar-refractivity contribution in [2.24, 2.45) is 13.0 Å². The third-order valence-electron chi connectivity index (χ3n) is 5.01. The van der Waals surface area contributed by atoms with E-state index in [2.05, 4.69) is 15.5 Å². The number of hydrogen-bond acceptors (Lipinski definition) is 8. The average Bonchev–Trinajstić information content (AvgIpc) is 3.10. The summed E-state index contributed by atoms with van der Waals surface area (Å²) in [7, 11) is 1.71. The second-order valence-corrected chi connectivity index (χ2v) is 7.27. The number of tetrazole rings is 1. The van der Waals surface area contributed by atoms with Gasteiger partial charge in [-0.15, -0.1) is 5.10 Å². The lowest BCUT2D eigenvalue weighted by Crippen LogP contribution is -2.73. The van der Waals surface area contributed by atoms with Crippen LogP contribution in [0.3, 0.4) is 0 Å². The van der Waals surface area contributed by atoms with E-state index in [1.807, 2.05) is 0 Å². The van der Waals surface area contributed by atoms with Crippen molar-refractivity contribution in [1.29, 1.82) is 0 Å². The molecule has 0 radical (unpaired) electrons. The third kappa shape index (κ3) is 2.35. The third-order valence-corrected chi connectivity index (χ3v) is 6.07. The molecule has 4 rings (SSSR count). The van der Waals surface area contributed by atoms with Gasteiger partial charge in [0.15, 0.2) is 0 Å². The predicted octanol–water partition coefficient (Wildman–Crippen LogP) is -0.330. The highest BCUT2D eigenvalue weighted by Crippen LogP contribution is 2.50. The lowest BCUT2D eigenvalue weighted by atomic mass is 9.78. The van der Waals surface area contributed by atoms with Gasteiger partial charge in [-0.2, -0.15) is 0 Å². The molecular weight excluding hydrogens is 364 g/mol. The van der Waals surface area contributed by atoms with Crippen LogP contribution in [0, 0.1) is 5.92 Å². The first kappa shape index (κ1) is 16.8. The van der Waals surface area contributed by atoms with Gasteiger partial charge in [0.1, 0.15) is 6.04 Å². The van der Waals surface area contributed by atoms with Crippen molar-refractivity contribution >= 4 is 29.7 Å². The maximum absolute atomic E-state index is 12.6. The van der Waals surface area contributed by atoms with Crippen molar-refractivity contribution in [2.45, 2.75) is 30.6 Å². The van der Waals surface area contributed by atoms with Gasteiger partial charge in [-0.1, -0.05) is 11.8 Å². The summed E-state index contributed by atoms with van der Waals surface area (Å²) in [4.78, 5) is 38.5. The van der Waals surface area contributed by atoms with Crippen molar-refractivity contribution < 1.29 is 24.2 Å². The molecule has 0 bridgehead atoms. The van der Waals surface area contributed by atoms with Crippen LogP contribution in [0.25, 0.3) is 0 Å². The lowest BCUT2D eigenvalue weighted by Gasteiger charge is -2.52. The molecule has 3 aliphatic rings. The second-order valence-electron chi connectivity index (χ2n) is 6.32. The van der Waals surface area contributed by atoms with Crippen LogP contribution in [0.1, 0.15) is 13.3 Å². The highest BCUT2D eigenvalue weighted by molar-refractivity contribution is 7.99. The first-order valence-electron chi connectivity index (χ1n) is 7.99. The predicted molar refractivity (Wildman–Crippen MR) is 85.6 cm³/mol. The Kier molecular flexibility index (Phi) is 3.86. The monoisotopic (exact) mass is 380 g/mol. The van der Waals surface area contributed by atoms with Gasteiger partial charge in [-0.3, -0.25) is 14.5 Å². The Balaban J connectivity index is 1.63. The number of nitrogens with zero attached hydrogens (tertiary/aromatic N) is 6. The number of likely N-dealkylation sites (tertiary alicyclic amines) is 1. The summed E-state index contributed by atoms with van der Waals surface area (Å²) in [5.41, 5.74) is 0.740. The molecule has 26 heavy (non-hydrogen) atoms. The molecule has 1 aromatic rings. The standard InChI is InChI=1S/C14H16N6O5S/c1-6(21)19-4-3-7-8(5-26-13-15-16-17-18(13)2)12(25-14(23)24)20-9(7)10(19)11(20)22/h7,9-10H,3-5H2,1-2H3,(H,23,24)/t7?,9-,10+/m1/s1. The van der Waals surface area contributed by atoms with E-state index in [-0.39, 0.29) is 29.7 Å². The molecule has 4 heterocycles. The fourth-order valence-corrected chi connectivity index (χ4v) is 4.87. The minimum Gasteiger partial charge on any atom is -0.449 e. The van der Waals surface area contributed by atoms with Crippen molar-refractivity contribution in [3.05, 3.63) is 11.5 Å². The van der Waals surface area contributed by atoms with Gasteiger partial charge in [-0.05, 0) is 16.8 Å². The van der Waals surface area contributed by atoms with Gasteiger partial charge >= 0.3 is 6.16 Å². The Bertz CT molecular complexity index is 838. The lowest BCUT2D eigenvalue weighted by molar-refractivity contribution is -0.169. The molecule has 1 unspecified atom stereocenters. The number of β-lactam (4-membered cyclic amide) rings is 1. The number of rotatable bonds is 4. The summed E-state index contributed by atoms with van der Waals surface area (Å²) >= 11 is 1.34. The molecular formula is C14H16N6O5S. The molecule has 12 heteroatoms.